The highest BCUT2D eigenvalue weighted by molar-refractivity contribution is 9.09. The Morgan fingerprint density at radius 1 is 1.25 bits per heavy atom. The number of alkyl halides is 1. The summed E-state index contributed by atoms with van der Waals surface area (Å²) >= 11 is 15.5. The molecule has 0 aliphatic heterocycles. The molecule has 0 heterocycles. The average molecular weight is 325 g/mol. The van der Waals surface area contributed by atoms with E-state index in [-0.39, 0.29) is 0 Å². The lowest BCUT2D eigenvalue weighted by atomic mass is 10.2. The summed E-state index contributed by atoms with van der Waals surface area (Å²) < 4.78 is 0. The maximum absolute atomic E-state index is 6.15. The van der Waals surface area contributed by atoms with Crippen LogP contribution in [0.1, 0.15) is 18.9 Å². The molecular weight excluding hydrogens is 309 g/mol. The van der Waals surface area contributed by atoms with Crippen LogP contribution in [0.2, 0.25) is 10.0 Å². The second-order valence-corrected chi connectivity index (χ2v) is 5.34. The van der Waals surface area contributed by atoms with E-state index in [1.54, 1.807) is 6.07 Å². The van der Waals surface area contributed by atoms with Crippen molar-refractivity contribution in [2.24, 2.45) is 0 Å². The van der Waals surface area contributed by atoms with Gasteiger partial charge in [0.15, 0.2) is 0 Å². The zero-order valence-electron chi connectivity index (χ0n) is 9.35. The molecule has 0 bridgehead atoms. The summed E-state index contributed by atoms with van der Waals surface area (Å²) in [5.41, 5.74) is 1.14. The fourth-order valence-corrected chi connectivity index (χ4v) is 2.57. The number of nitrogens with zero attached hydrogens (tertiary/aromatic N) is 1. The molecule has 0 atom stereocenters. The van der Waals surface area contributed by atoms with E-state index in [9.17, 15) is 0 Å². The minimum Gasteiger partial charge on any atom is -0.298 e. The lowest BCUT2D eigenvalue weighted by molar-refractivity contribution is 0.284. The van der Waals surface area contributed by atoms with Crippen LogP contribution >= 0.6 is 39.1 Å². The van der Waals surface area contributed by atoms with Gasteiger partial charge in [0, 0.05) is 28.5 Å². The van der Waals surface area contributed by atoms with Gasteiger partial charge in [0.05, 0.1) is 0 Å². The summed E-state index contributed by atoms with van der Waals surface area (Å²) in [5.74, 6) is 0. The summed E-state index contributed by atoms with van der Waals surface area (Å²) in [5, 5.41) is 2.43. The fraction of sp³-hybridized carbons (Fsp3) is 0.500. The van der Waals surface area contributed by atoms with E-state index < -0.39 is 0 Å². The second-order valence-electron chi connectivity index (χ2n) is 3.70. The quantitative estimate of drug-likeness (QED) is 0.691. The normalized spacial score (nSPS) is 11.1. The van der Waals surface area contributed by atoms with E-state index in [0.717, 1.165) is 42.0 Å². The van der Waals surface area contributed by atoms with Crippen LogP contribution in [0.25, 0.3) is 0 Å². The first-order chi connectivity index (χ1) is 7.67. The van der Waals surface area contributed by atoms with Crippen molar-refractivity contribution in [3.8, 4) is 0 Å². The van der Waals surface area contributed by atoms with Gasteiger partial charge < -0.3 is 0 Å². The van der Waals surface area contributed by atoms with Crippen LogP contribution in [-0.2, 0) is 6.54 Å². The van der Waals surface area contributed by atoms with Gasteiger partial charge in [-0.3, -0.25) is 4.90 Å². The molecule has 0 fully saturated rings. The molecule has 1 aromatic carbocycles. The van der Waals surface area contributed by atoms with Crippen molar-refractivity contribution < 1.29 is 0 Å². The van der Waals surface area contributed by atoms with Crippen molar-refractivity contribution >= 4 is 39.1 Å². The average Bonchev–Trinajstić information content (AvgIpc) is 2.23. The Morgan fingerprint density at radius 3 is 2.56 bits per heavy atom. The molecule has 0 aliphatic carbocycles. The van der Waals surface area contributed by atoms with Crippen LogP contribution in [0, 0.1) is 0 Å². The SMILES string of the molecule is CCCN(CCBr)Cc1ccc(Cl)cc1Cl. The van der Waals surface area contributed by atoms with Crippen LogP contribution in [-0.4, -0.2) is 23.3 Å². The first-order valence-electron chi connectivity index (χ1n) is 5.39. The van der Waals surface area contributed by atoms with Crippen LogP contribution in [0.3, 0.4) is 0 Å². The Kier molecular flexibility index (Phi) is 6.74. The molecule has 1 rings (SSSR count). The first-order valence-corrected chi connectivity index (χ1v) is 7.27. The number of halogens is 3. The first kappa shape index (κ1) is 14.3. The van der Waals surface area contributed by atoms with Crippen LogP contribution in [0.4, 0.5) is 0 Å². The van der Waals surface area contributed by atoms with Gasteiger partial charge in [-0.15, -0.1) is 0 Å². The van der Waals surface area contributed by atoms with E-state index in [1.807, 2.05) is 12.1 Å². The molecule has 0 spiro atoms. The molecule has 1 aromatic rings. The molecule has 0 aliphatic rings. The lowest BCUT2D eigenvalue weighted by Crippen LogP contribution is -2.26. The Hall–Kier alpha value is 0.240. The molecule has 0 radical (unpaired) electrons. The van der Waals surface area contributed by atoms with Crippen molar-refractivity contribution in [3.63, 3.8) is 0 Å². The monoisotopic (exact) mass is 323 g/mol. The standard InChI is InChI=1S/C12H16BrCl2N/c1-2-6-16(7-5-13)9-10-3-4-11(14)8-12(10)15/h3-4,8H,2,5-7,9H2,1H3. The third kappa shape index (κ3) is 4.62. The highest BCUT2D eigenvalue weighted by Gasteiger charge is 2.07. The molecule has 4 heteroatoms. The van der Waals surface area contributed by atoms with E-state index >= 15 is 0 Å². The molecule has 0 aromatic heterocycles. The number of rotatable bonds is 6. The van der Waals surface area contributed by atoms with Gasteiger partial charge in [-0.25, -0.2) is 0 Å². The molecule has 0 amide bonds. The molecule has 0 unspecified atom stereocenters. The molecule has 90 valence electrons. The molecule has 0 saturated heterocycles. The van der Waals surface area contributed by atoms with E-state index in [2.05, 4.69) is 27.8 Å². The van der Waals surface area contributed by atoms with E-state index in [0.29, 0.717) is 5.02 Å². The van der Waals surface area contributed by atoms with Crippen molar-refractivity contribution in [1.29, 1.82) is 0 Å². The third-order valence-electron chi connectivity index (χ3n) is 2.35. The lowest BCUT2D eigenvalue weighted by Gasteiger charge is -2.21. The van der Waals surface area contributed by atoms with Crippen LogP contribution in [0.5, 0.6) is 0 Å². The van der Waals surface area contributed by atoms with Crippen LogP contribution < -0.4 is 0 Å². The second kappa shape index (κ2) is 7.54. The third-order valence-corrected chi connectivity index (χ3v) is 3.29. The van der Waals surface area contributed by atoms with Crippen molar-refractivity contribution in [1.82, 2.24) is 4.90 Å². The number of hydrogen-bond donors (Lipinski definition) is 0. The molecular formula is C12H16BrCl2N. The van der Waals surface area contributed by atoms with Gasteiger partial charge in [-0.05, 0) is 30.7 Å². The van der Waals surface area contributed by atoms with Crippen molar-refractivity contribution in [2.75, 3.05) is 18.4 Å². The van der Waals surface area contributed by atoms with Crippen molar-refractivity contribution in [3.05, 3.63) is 33.8 Å². The van der Waals surface area contributed by atoms with Gasteiger partial charge in [0.1, 0.15) is 0 Å². The Labute approximate surface area is 116 Å². The smallest absolute Gasteiger partial charge is 0.0465 e. The van der Waals surface area contributed by atoms with E-state index in [4.69, 9.17) is 23.2 Å². The molecule has 0 saturated carbocycles. The number of benzene rings is 1. The molecule has 1 nitrogen and oxygen atoms in total. The predicted octanol–water partition coefficient (Wildman–Crippen LogP) is 4.60. The van der Waals surface area contributed by atoms with Crippen molar-refractivity contribution in [2.45, 2.75) is 19.9 Å². The van der Waals surface area contributed by atoms with Gasteiger partial charge >= 0.3 is 0 Å². The van der Waals surface area contributed by atoms with E-state index in [1.165, 1.54) is 0 Å². The largest absolute Gasteiger partial charge is 0.298 e. The van der Waals surface area contributed by atoms with Gasteiger partial charge in [0.2, 0.25) is 0 Å². The Balaban J connectivity index is 2.68. The summed E-state index contributed by atoms with van der Waals surface area (Å²) in [6.07, 6.45) is 1.15. The summed E-state index contributed by atoms with van der Waals surface area (Å²) in [6, 6.07) is 5.69. The zero-order valence-corrected chi connectivity index (χ0v) is 12.4. The highest BCUT2D eigenvalue weighted by atomic mass is 79.9. The zero-order chi connectivity index (χ0) is 12.0. The molecule has 0 N–H and O–H groups in total. The topological polar surface area (TPSA) is 3.24 Å². The van der Waals surface area contributed by atoms with Gasteiger partial charge in [0.25, 0.3) is 0 Å². The minimum atomic E-state index is 0.691. The Morgan fingerprint density at radius 2 is 2.00 bits per heavy atom. The maximum atomic E-state index is 6.15. The summed E-state index contributed by atoms with van der Waals surface area (Å²) in [6.45, 7) is 5.19. The minimum absolute atomic E-state index is 0.691. The van der Waals surface area contributed by atoms with Crippen LogP contribution in [0.15, 0.2) is 18.2 Å². The number of hydrogen-bond acceptors (Lipinski definition) is 1. The summed E-state index contributed by atoms with van der Waals surface area (Å²) in [4.78, 5) is 2.38. The maximum Gasteiger partial charge on any atom is 0.0465 e. The predicted molar refractivity (Wildman–Crippen MR) is 75.8 cm³/mol. The van der Waals surface area contributed by atoms with Gasteiger partial charge in [-0.1, -0.05) is 52.1 Å². The summed E-state index contributed by atoms with van der Waals surface area (Å²) in [7, 11) is 0. The fourth-order valence-electron chi connectivity index (χ4n) is 1.60. The Bertz CT molecular complexity index is 325. The highest BCUT2D eigenvalue weighted by Crippen LogP contribution is 2.22. The molecule has 16 heavy (non-hydrogen) atoms. The van der Waals surface area contributed by atoms with Gasteiger partial charge in [-0.2, -0.15) is 0 Å².